The Kier molecular flexibility index (Phi) is 5.79. The minimum atomic E-state index is -0.845. The summed E-state index contributed by atoms with van der Waals surface area (Å²) >= 11 is 0. The van der Waals surface area contributed by atoms with Crippen molar-refractivity contribution in [2.75, 3.05) is 19.6 Å². The van der Waals surface area contributed by atoms with Gasteiger partial charge in [0.2, 0.25) is 5.91 Å². The minimum Gasteiger partial charge on any atom is -0.481 e. The maximum absolute atomic E-state index is 12.4. The normalized spacial score (nSPS) is 25.1. The summed E-state index contributed by atoms with van der Waals surface area (Å²) in [6.07, 6.45) is 2.65. The van der Waals surface area contributed by atoms with Crippen molar-refractivity contribution in [1.82, 2.24) is 10.6 Å². The monoisotopic (exact) mass is 270 g/mol. The van der Waals surface area contributed by atoms with Crippen molar-refractivity contribution in [3.05, 3.63) is 0 Å². The zero-order chi connectivity index (χ0) is 14.5. The Balaban J connectivity index is 2.60. The predicted molar refractivity (Wildman–Crippen MR) is 73.8 cm³/mol. The van der Waals surface area contributed by atoms with Crippen LogP contribution in [-0.4, -0.2) is 36.6 Å². The molecule has 0 aromatic heterocycles. The first-order valence-electron chi connectivity index (χ1n) is 7.15. The number of hydrogen-bond donors (Lipinski definition) is 3. The second-order valence-electron chi connectivity index (χ2n) is 5.81. The van der Waals surface area contributed by atoms with Gasteiger partial charge in [0.05, 0.1) is 11.3 Å². The highest BCUT2D eigenvalue weighted by molar-refractivity contribution is 5.83. The van der Waals surface area contributed by atoms with Gasteiger partial charge in [-0.25, -0.2) is 0 Å². The summed E-state index contributed by atoms with van der Waals surface area (Å²) in [5, 5.41) is 15.2. The summed E-state index contributed by atoms with van der Waals surface area (Å²) in [7, 11) is 0. The summed E-state index contributed by atoms with van der Waals surface area (Å²) in [6, 6.07) is 0. The van der Waals surface area contributed by atoms with Gasteiger partial charge in [-0.3, -0.25) is 9.59 Å². The van der Waals surface area contributed by atoms with Gasteiger partial charge >= 0.3 is 5.97 Å². The van der Waals surface area contributed by atoms with Crippen molar-refractivity contribution in [3.63, 3.8) is 0 Å². The molecule has 1 aliphatic heterocycles. The lowest BCUT2D eigenvalue weighted by molar-refractivity contribution is -0.143. The molecule has 110 valence electrons. The molecule has 0 aromatic carbocycles. The van der Waals surface area contributed by atoms with E-state index in [1.54, 1.807) is 0 Å². The van der Waals surface area contributed by atoms with Crippen LogP contribution in [-0.2, 0) is 9.59 Å². The third-order valence-corrected chi connectivity index (χ3v) is 4.24. The minimum absolute atomic E-state index is 0.00546. The van der Waals surface area contributed by atoms with Crippen molar-refractivity contribution >= 4 is 11.9 Å². The molecule has 1 heterocycles. The number of carbonyl (C=O) groups excluding carboxylic acids is 1. The van der Waals surface area contributed by atoms with E-state index in [0.717, 1.165) is 25.8 Å². The van der Waals surface area contributed by atoms with Crippen molar-refractivity contribution in [3.8, 4) is 0 Å². The quantitative estimate of drug-likeness (QED) is 0.678. The average molecular weight is 270 g/mol. The fourth-order valence-corrected chi connectivity index (χ4v) is 2.62. The highest BCUT2D eigenvalue weighted by Crippen LogP contribution is 2.30. The molecule has 1 saturated heterocycles. The lowest BCUT2D eigenvalue weighted by Gasteiger charge is -2.35. The summed E-state index contributed by atoms with van der Waals surface area (Å²) in [4.78, 5) is 23.5. The Labute approximate surface area is 115 Å². The SMILES string of the molecule is CCC1(C(=O)NCC(C(=O)O)C(C)C)CCCNC1. The van der Waals surface area contributed by atoms with Gasteiger partial charge in [0, 0.05) is 13.1 Å². The van der Waals surface area contributed by atoms with Crippen LogP contribution < -0.4 is 10.6 Å². The Hall–Kier alpha value is -1.10. The van der Waals surface area contributed by atoms with Crippen molar-refractivity contribution in [2.24, 2.45) is 17.3 Å². The number of carbonyl (C=O) groups is 2. The molecule has 19 heavy (non-hydrogen) atoms. The topological polar surface area (TPSA) is 78.4 Å². The maximum atomic E-state index is 12.4. The molecular formula is C14H26N2O3. The van der Waals surface area contributed by atoms with E-state index in [0.29, 0.717) is 6.54 Å². The molecule has 1 aliphatic rings. The van der Waals surface area contributed by atoms with Crippen LogP contribution in [0.4, 0.5) is 0 Å². The van der Waals surface area contributed by atoms with Crippen LogP contribution in [0.5, 0.6) is 0 Å². The van der Waals surface area contributed by atoms with E-state index in [1.165, 1.54) is 0 Å². The number of nitrogens with one attached hydrogen (secondary N) is 2. The van der Waals surface area contributed by atoms with Gasteiger partial charge < -0.3 is 15.7 Å². The van der Waals surface area contributed by atoms with E-state index in [4.69, 9.17) is 5.11 Å². The van der Waals surface area contributed by atoms with Crippen LogP contribution >= 0.6 is 0 Å². The molecule has 5 heteroatoms. The largest absolute Gasteiger partial charge is 0.481 e. The Bertz CT molecular complexity index is 323. The van der Waals surface area contributed by atoms with E-state index < -0.39 is 11.9 Å². The number of carboxylic acids is 1. The first-order valence-corrected chi connectivity index (χ1v) is 7.15. The van der Waals surface area contributed by atoms with Gasteiger partial charge in [-0.1, -0.05) is 20.8 Å². The summed E-state index contributed by atoms with van der Waals surface area (Å²) in [6.45, 7) is 7.61. The van der Waals surface area contributed by atoms with Gasteiger partial charge in [-0.2, -0.15) is 0 Å². The van der Waals surface area contributed by atoms with Gasteiger partial charge in [0.15, 0.2) is 0 Å². The number of rotatable bonds is 6. The Morgan fingerprint density at radius 1 is 1.42 bits per heavy atom. The number of amides is 1. The third kappa shape index (κ3) is 3.93. The average Bonchev–Trinajstić information content (AvgIpc) is 2.38. The number of aliphatic carboxylic acids is 1. The van der Waals surface area contributed by atoms with Gasteiger partial charge in [0.1, 0.15) is 0 Å². The van der Waals surface area contributed by atoms with Crippen LogP contribution in [0.15, 0.2) is 0 Å². The van der Waals surface area contributed by atoms with Crippen LogP contribution in [0.3, 0.4) is 0 Å². The van der Waals surface area contributed by atoms with Crippen LogP contribution in [0.2, 0.25) is 0 Å². The van der Waals surface area contributed by atoms with Gasteiger partial charge in [0.25, 0.3) is 0 Å². The molecule has 3 N–H and O–H groups in total. The standard InChI is InChI=1S/C14H26N2O3/c1-4-14(6-5-7-15-9-14)13(19)16-8-11(10(2)3)12(17)18/h10-11,15H,4-9H2,1-3H3,(H,16,19)(H,17,18). The van der Waals surface area contributed by atoms with E-state index in [1.807, 2.05) is 20.8 Å². The molecule has 1 fully saturated rings. The highest BCUT2D eigenvalue weighted by Gasteiger charge is 2.38. The molecular weight excluding hydrogens is 244 g/mol. The fourth-order valence-electron chi connectivity index (χ4n) is 2.62. The molecule has 0 saturated carbocycles. The second-order valence-corrected chi connectivity index (χ2v) is 5.81. The molecule has 5 nitrogen and oxygen atoms in total. The molecule has 0 aromatic rings. The maximum Gasteiger partial charge on any atom is 0.308 e. The Morgan fingerprint density at radius 3 is 2.53 bits per heavy atom. The molecule has 1 amide bonds. The smallest absolute Gasteiger partial charge is 0.308 e. The first kappa shape index (κ1) is 16.0. The molecule has 0 aliphatic carbocycles. The highest BCUT2D eigenvalue weighted by atomic mass is 16.4. The van der Waals surface area contributed by atoms with Crippen molar-refractivity contribution < 1.29 is 14.7 Å². The number of carboxylic acid groups (broad SMARTS) is 1. The van der Waals surface area contributed by atoms with E-state index in [2.05, 4.69) is 10.6 Å². The zero-order valence-electron chi connectivity index (χ0n) is 12.2. The molecule has 0 radical (unpaired) electrons. The van der Waals surface area contributed by atoms with E-state index in [-0.39, 0.29) is 23.8 Å². The van der Waals surface area contributed by atoms with Crippen molar-refractivity contribution in [2.45, 2.75) is 40.0 Å². The molecule has 1 rings (SSSR count). The number of hydrogen-bond acceptors (Lipinski definition) is 3. The predicted octanol–water partition coefficient (Wildman–Crippen LogP) is 1.24. The van der Waals surface area contributed by atoms with Crippen molar-refractivity contribution in [1.29, 1.82) is 0 Å². The lowest BCUT2D eigenvalue weighted by atomic mass is 9.77. The summed E-state index contributed by atoms with van der Waals surface area (Å²) < 4.78 is 0. The molecule has 0 bridgehead atoms. The third-order valence-electron chi connectivity index (χ3n) is 4.24. The Morgan fingerprint density at radius 2 is 2.11 bits per heavy atom. The molecule has 0 spiro atoms. The lowest BCUT2D eigenvalue weighted by Crippen LogP contribution is -2.51. The van der Waals surface area contributed by atoms with E-state index >= 15 is 0 Å². The van der Waals surface area contributed by atoms with Gasteiger partial charge in [-0.15, -0.1) is 0 Å². The van der Waals surface area contributed by atoms with Crippen LogP contribution in [0, 0.1) is 17.3 Å². The fraction of sp³-hybridized carbons (Fsp3) is 0.857. The molecule has 2 atom stereocenters. The van der Waals surface area contributed by atoms with E-state index in [9.17, 15) is 9.59 Å². The summed E-state index contributed by atoms with van der Waals surface area (Å²) in [5.74, 6) is -1.36. The molecule has 2 unspecified atom stereocenters. The first-order chi connectivity index (χ1) is 8.93. The number of piperidine rings is 1. The van der Waals surface area contributed by atoms with Gasteiger partial charge in [-0.05, 0) is 31.7 Å². The zero-order valence-corrected chi connectivity index (χ0v) is 12.2. The van der Waals surface area contributed by atoms with Crippen LogP contribution in [0.25, 0.3) is 0 Å². The second kappa shape index (κ2) is 6.89. The van der Waals surface area contributed by atoms with Crippen LogP contribution in [0.1, 0.15) is 40.0 Å². The summed E-state index contributed by atoms with van der Waals surface area (Å²) in [5.41, 5.74) is -0.363.